The second kappa shape index (κ2) is 5.40. The standard InChI is InChI=1S/C12H20N6O/c1-7(2)9(4-5-13)15-10-6-11-16-17-12(19)18(11)8(3)14-10/h6-7,9,15H,4-5,13H2,1-3H3,(H,17,19). The highest BCUT2D eigenvalue weighted by Crippen LogP contribution is 2.14. The zero-order valence-electron chi connectivity index (χ0n) is 11.5. The predicted octanol–water partition coefficient (Wildman–Crippen LogP) is 0.511. The van der Waals surface area contributed by atoms with Gasteiger partial charge in [-0.3, -0.25) is 0 Å². The maximum Gasteiger partial charge on any atom is 0.349 e. The van der Waals surface area contributed by atoms with Crippen LogP contribution in [-0.4, -0.2) is 32.2 Å². The molecule has 0 aliphatic heterocycles. The minimum absolute atomic E-state index is 0.255. The predicted molar refractivity (Wildman–Crippen MR) is 74.3 cm³/mol. The molecule has 2 rings (SSSR count). The number of aromatic amines is 1. The molecule has 1 unspecified atom stereocenters. The van der Waals surface area contributed by atoms with Crippen LogP contribution in [0.15, 0.2) is 10.9 Å². The van der Waals surface area contributed by atoms with Gasteiger partial charge in [0.15, 0.2) is 5.65 Å². The monoisotopic (exact) mass is 264 g/mol. The van der Waals surface area contributed by atoms with Crippen molar-refractivity contribution in [1.82, 2.24) is 19.6 Å². The Morgan fingerprint density at radius 3 is 2.89 bits per heavy atom. The van der Waals surface area contributed by atoms with Crippen molar-refractivity contribution < 1.29 is 0 Å². The van der Waals surface area contributed by atoms with Crippen LogP contribution < -0.4 is 16.7 Å². The first-order valence-corrected chi connectivity index (χ1v) is 6.44. The number of aromatic nitrogens is 4. The van der Waals surface area contributed by atoms with Gasteiger partial charge in [-0.1, -0.05) is 13.8 Å². The molecule has 0 saturated heterocycles. The summed E-state index contributed by atoms with van der Waals surface area (Å²) < 4.78 is 1.44. The van der Waals surface area contributed by atoms with Crippen molar-refractivity contribution in [3.8, 4) is 0 Å². The molecule has 1 atom stereocenters. The van der Waals surface area contributed by atoms with Crippen LogP contribution in [0.5, 0.6) is 0 Å². The van der Waals surface area contributed by atoms with Crippen molar-refractivity contribution >= 4 is 11.5 Å². The molecule has 0 aliphatic rings. The lowest BCUT2D eigenvalue weighted by molar-refractivity contribution is 0.497. The molecular weight excluding hydrogens is 244 g/mol. The van der Waals surface area contributed by atoms with Crippen LogP contribution >= 0.6 is 0 Å². The number of anilines is 1. The quantitative estimate of drug-likeness (QED) is 0.730. The number of nitrogens with zero attached hydrogens (tertiary/aromatic N) is 3. The third-order valence-corrected chi connectivity index (χ3v) is 3.19. The van der Waals surface area contributed by atoms with Crippen LogP contribution in [0.4, 0.5) is 5.82 Å². The summed E-state index contributed by atoms with van der Waals surface area (Å²) in [7, 11) is 0. The second-order valence-electron chi connectivity index (χ2n) is 4.98. The summed E-state index contributed by atoms with van der Waals surface area (Å²) in [6.45, 7) is 6.68. The summed E-state index contributed by atoms with van der Waals surface area (Å²) in [4.78, 5) is 15.9. The second-order valence-corrected chi connectivity index (χ2v) is 4.98. The summed E-state index contributed by atoms with van der Waals surface area (Å²) in [5.41, 5.74) is 5.92. The molecule has 0 spiro atoms. The average Bonchev–Trinajstić information content (AvgIpc) is 2.70. The van der Waals surface area contributed by atoms with Crippen LogP contribution in [0.3, 0.4) is 0 Å². The van der Waals surface area contributed by atoms with E-state index >= 15 is 0 Å². The van der Waals surface area contributed by atoms with Gasteiger partial charge in [0.05, 0.1) is 0 Å². The fraction of sp³-hybridized carbons (Fsp3) is 0.583. The zero-order valence-corrected chi connectivity index (χ0v) is 11.5. The Morgan fingerprint density at radius 2 is 2.26 bits per heavy atom. The number of rotatable bonds is 5. The highest BCUT2D eigenvalue weighted by molar-refractivity contribution is 5.50. The normalized spacial score (nSPS) is 13.1. The van der Waals surface area contributed by atoms with Gasteiger partial charge in [0.1, 0.15) is 11.6 Å². The average molecular weight is 264 g/mol. The van der Waals surface area contributed by atoms with Crippen molar-refractivity contribution in [2.75, 3.05) is 11.9 Å². The van der Waals surface area contributed by atoms with E-state index in [2.05, 4.69) is 34.3 Å². The molecule has 4 N–H and O–H groups in total. The fourth-order valence-corrected chi connectivity index (χ4v) is 2.11. The summed E-state index contributed by atoms with van der Waals surface area (Å²) in [6.07, 6.45) is 0.872. The Labute approximate surface area is 111 Å². The Kier molecular flexibility index (Phi) is 3.84. The first-order chi connectivity index (χ1) is 9.02. The SMILES string of the molecule is Cc1nc(NC(CCN)C(C)C)cc2n[nH]c(=O)n12. The smallest absolute Gasteiger partial charge is 0.349 e. The summed E-state index contributed by atoms with van der Waals surface area (Å²) in [6, 6.07) is 2.02. The molecule has 7 heteroatoms. The third-order valence-electron chi connectivity index (χ3n) is 3.19. The molecule has 19 heavy (non-hydrogen) atoms. The molecule has 0 amide bonds. The zero-order chi connectivity index (χ0) is 14.0. The largest absolute Gasteiger partial charge is 0.367 e. The molecule has 0 fully saturated rings. The Balaban J connectivity index is 2.32. The van der Waals surface area contributed by atoms with Gasteiger partial charge in [-0.05, 0) is 25.8 Å². The van der Waals surface area contributed by atoms with Gasteiger partial charge in [-0.15, -0.1) is 0 Å². The lowest BCUT2D eigenvalue weighted by Crippen LogP contribution is -2.29. The summed E-state index contributed by atoms with van der Waals surface area (Å²) in [5.74, 6) is 1.77. The number of fused-ring (bicyclic) bond motifs is 1. The Hall–Kier alpha value is -1.89. The Bertz CT molecular complexity index is 614. The van der Waals surface area contributed by atoms with Gasteiger partial charge in [0, 0.05) is 12.1 Å². The lowest BCUT2D eigenvalue weighted by atomic mass is 10.0. The number of nitrogens with two attached hydrogens (primary N) is 1. The number of hydrogen-bond donors (Lipinski definition) is 3. The van der Waals surface area contributed by atoms with Crippen molar-refractivity contribution in [2.24, 2.45) is 11.7 Å². The van der Waals surface area contributed by atoms with Crippen LogP contribution in [0.1, 0.15) is 26.1 Å². The molecule has 0 aromatic carbocycles. The minimum Gasteiger partial charge on any atom is -0.367 e. The minimum atomic E-state index is -0.270. The topological polar surface area (TPSA) is 101 Å². The van der Waals surface area contributed by atoms with Crippen LogP contribution in [0, 0.1) is 12.8 Å². The molecule has 2 aromatic heterocycles. The van der Waals surface area contributed by atoms with Crippen LogP contribution in [0.25, 0.3) is 5.65 Å². The van der Waals surface area contributed by atoms with E-state index in [-0.39, 0.29) is 11.7 Å². The van der Waals surface area contributed by atoms with Crippen molar-refractivity contribution in [1.29, 1.82) is 0 Å². The molecule has 104 valence electrons. The van der Waals surface area contributed by atoms with E-state index in [1.54, 1.807) is 13.0 Å². The van der Waals surface area contributed by atoms with Gasteiger partial charge >= 0.3 is 5.69 Å². The van der Waals surface area contributed by atoms with E-state index in [1.807, 2.05) is 0 Å². The fourth-order valence-electron chi connectivity index (χ4n) is 2.11. The van der Waals surface area contributed by atoms with Crippen LogP contribution in [0.2, 0.25) is 0 Å². The van der Waals surface area contributed by atoms with E-state index in [9.17, 15) is 4.79 Å². The maximum atomic E-state index is 11.5. The van der Waals surface area contributed by atoms with Gasteiger partial charge in [-0.2, -0.15) is 5.10 Å². The van der Waals surface area contributed by atoms with Gasteiger partial charge in [0.25, 0.3) is 0 Å². The molecular formula is C12H20N6O. The molecule has 2 aromatic rings. The molecule has 2 heterocycles. The molecule has 0 aliphatic carbocycles. The van der Waals surface area contributed by atoms with Gasteiger partial charge in [0.2, 0.25) is 0 Å². The van der Waals surface area contributed by atoms with E-state index in [4.69, 9.17) is 5.73 Å². The van der Waals surface area contributed by atoms with Crippen molar-refractivity contribution in [3.63, 3.8) is 0 Å². The van der Waals surface area contributed by atoms with Gasteiger partial charge < -0.3 is 11.1 Å². The first-order valence-electron chi connectivity index (χ1n) is 6.44. The molecule has 7 nitrogen and oxygen atoms in total. The highest BCUT2D eigenvalue weighted by atomic mass is 16.1. The Morgan fingerprint density at radius 1 is 1.53 bits per heavy atom. The van der Waals surface area contributed by atoms with Crippen molar-refractivity contribution in [3.05, 3.63) is 22.4 Å². The number of aryl methyl sites for hydroxylation is 1. The third kappa shape index (κ3) is 2.76. The van der Waals surface area contributed by atoms with E-state index < -0.39 is 0 Å². The van der Waals surface area contributed by atoms with Crippen molar-refractivity contribution in [2.45, 2.75) is 33.2 Å². The van der Waals surface area contributed by atoms with E-state index in [0.29, 0.717) is 23.9 Å². The highest BCUT2D eigenvalue weighted by Gasteiger charge is 2.14. The number of hydrogen-bond acceptors (Lipinski definition) is 5. The molecule has 0 bridgehead atoms. The van der Waals surface area contributed by atoms with Crippen LogP contribution in [-0.2, 0) is 0 Å². The maximum absolute atomic E-state index is 11.5. The summed E-state index contributed by atoms with van der Waals surface area (Å²) in [5, 5.41) is 9.74. The van der Waals surface area contributed by atoms with E-state index in [0.717, 1.165) is 12.2 Å². The van der Waals surface area contributed by atoms with E-state index in [1.165, 1.54) is 4.40 Å². The molecule has 0 saturated carbocycles. The summed E-state index contributed by atoms with van der Waals surface area (Å²) >= 11 is 0. The lowest BCUT2D eigenvalue weighted by Gasteiger charge is -2.22. The first kappa shape index (κ1) is 13.5. The number of H-pyrrole nitrogens is 1. The van der Waals surface area contributed by atoms with Gasteiger partial charge in [-0.25, -0.2) is 19.3 Å². The number of nitrogens with one attached hydrogen (secondary N) is 2. The molecule has 0 radical (unpaired) electrons.